The van der Waals surface area contributed by atoms with Crippen molar-refractivity contribution in [3.05, 3.63) is 60.4 Å². The molecule has 16 heavy (non-hydrogen) atoms. The molecule has 1 nitrogen and oxygen atoms in total. The van der Waals surface area contributed by atoms with Crippen molar-refractivity contribution in [3.8, 4) is 22.5 Å². The number of hydrogen-bond donors (Lipinski definition) is 0. The van der Waals surface area contributed by atoms with Crippen LogP contribution in [0.15, 0.2) is 59.2 Å². The SMILES string of the molecule is Cc1cc2cccoc-2c1-c1ccccc1. The number of benzene rings is 1. The molecule has 2 aliphatic rings. The summed E-state index contributed by atoms with van der Waals surface area (Å²) in [5, 5.41) is 0. The molecular formula is C15H12O. The van der Waals surface area contributed by atoms with Gasteiger partial charge < -0.3 is 4.42 Å². The second-order valence-electron chi connectivity index (χ2n) is 3.97. The molecule has 0 bridgehead atoms. The van der Waals surface area contributed by atoms with Crippen molar-refractivity contribution in [1.82, 2.24) is 0 Å². The Labute approximate surface area is 94.7 Å². The van der Waals surface area contributed by atoms with E-state index in [4.69, 9.17) is 4.42 Å². The number of aryl methyl sites for hydroxylation is 1. The van der Waals surface area contributed by atoms with E-state index < -0.39 is 0 Å². The van der Waals surface area contributed by atoms with Crippen molar-refractivity contribution >= 4 is 0 Å². The molecule has 1 heterocycles. The van der Waals surface area contributed by atoms with Gasteiger partial charge in [0.15, 0.2) is 0 Å². The monoisotopic (exact) mass is 208 g/mol. The van der Waals surface area contributed by atoms with E-state index in [9.17, 15) is 0 Å². The standard InChI is InChI=1S/C15H12O/c1-11-10-13-8-5-9-16-15(13)14(11)12-6-3-2-4-7-12/h2-10H,1H3. The van der Waals surface area contributed by atoms with Gasteiger partial charge in [-0.2, -0.15) is 0 Å². The quantitative estimate of drug-likeness (QED) is 0.579. The molecule has 1 aromatic carbocycles. The van der Waals surface area contributed by atoms with Crippen LogP contribution in [0.5, 0.6) is 0 Å². The molecule has 3 rings (SSSR count). The maximum atomic E-state index is 5.62. The Hall–Kier alpha value is -2.02. The topological polar surface area (TPSA) is 13.1 Å². The summed E-state index contributed by atoms with van der Waals surface area (Å²) in [5.41, 5.74) is 4.84. The normalized spacial score (nSPS) is 10.8. The molecule has 78 valence electrons. The van der Waals surface area contributed by atoms with Crippen molar-refractivity contribution in [2.45, 2.75) is 6.92 Å². The van der Waals surface area contributed by atoms with Crippen LogP contribution in [0.25, 0.3) is 22.5 Å². The maximum absolute atomic E-state index is 5.62. The van der Waals surface area contributed by atoms with Gasteiger partial charge in [0, 0.05) is 11.1 Å². The second kappa shape index (κ2) is 3.53. The highest BCUT2D eigenvalue weighted by Crippen LogP contribution is 2.38. The van der Waals surface area contributed by atoms with Crippen LogP contribution in [-0.4, -0.2) is 0 Å². The summed E-state index contributed by atoms with van der Waals surface area (Å²) in [4.78, 5) is 0. The van der Waals surface area contributed by atoms with E-state index in [0.717, 1.165) is 5.76 Å². The van der Waals surface area contributed by atoms with Crippen LogP contribution in [0.3, 0.4) is 0 Å². The summed E-state index contributed by atoms with van der Waals surface area (Å²) in [6.45, 7) is 2.12. The van der Waals surface area contributed by atoms with E-state index >= 15 is 0 Å². The van der Waals surface area contributed by atoms with Gasteiger partial charge in [-0.25, -0.2) is 0 Å². The minimum Gasteiger partial charge on any atom is -0.464 e. The smallest absolute Gasteiger partial charge is 0.141 e. The molecule has 0 amide bonds. The molecule has 0 aromatic heterocycles. The number of fused-ring (bicyclic) bond motifs is 1. The molecule has 1 aromatic rings. The van der Waals surface area contributed by atoms with Crippen molar-refractivity contribution < 1.29 is 4.42 Å². The minimum absolute atomic E-state index is 0.978. The zero-order valence-electron chi connectivity index (χ0n) is 9.10. The zero-order valence-corrected chi connectivity index (χ0v) is 9.10. The molecule has 0 saturated heterocycles. The van der Waals surface area contributed by atoms with Gasteiger partial charge in [-0.05, 0) is 36.2 Å². The lowest BCUT2D eigenvalue weighted by Crippen LogP contribution is -1.79. The van der Waals surface area contributed by atoms with Crippen LogP contribution in [0.4, 0.5) is 0 Å². The van der Waals surface area contributed by atoms with Crippen molar-refractivity contribution in [2.75, 3.05) is 0 Å². The highest BCUT2D eigenvalue weighted by atomic mass is 16.3. The first-order valence-corrected chi connectivity index (χ1v) is 5.38. The molecular weight excluding hydrogens is 196 g/mol. The predicted octanol–water partition coefficient (Wildman–Crippen LogP) is 4.36. The van der Waals surface area contributed by atoms with Crippen molar-refractivity contribution in [1.29, 1.82) is 0 Å². The highest BCUT2D eigenvalue weighted by Gasteiger charge is 2.16. The Morgan fingerprint density at radius 2 is 1.62 bits per heavy atom. The van der Waals surface area contributed by atoms with Crippen LogP contribution in [-0.2, 0) is 0 Å². The molecule has 0 unspecified atom stereocenters. The third-order valence-electron chi connectivity index (χ3n) is 2.86. The third-order valence-corrected chi connectivity index (χ3v) is 2.86. The molecule has 1 heteroatoms. The van der Waals surface area contributed by atoms with E-state index in [-0.39, 0.29) is 0 Å². The van der Waals surface area contributed by atoms with Gasteiger partial charge in [0.05, 0.1) is 6.26 Å². The van der Waals surface area contributed by atoms with Crippen molar-refractivity contribution in [2.24, 2.45) is 0 Å². The first kappa shape index (κ1) is 9.22. The van der Waals surface area contributed by atoms with E-state index in [1.54, 1.807) is 6.26 Å². The fourth-order valence-corrected chi connectivity index (χ4v) is 2.16. The minimum atomic E-state index is 0.978. The average molecular weight is 208 g/mol. The van der Waals surface area contributed by atoms with E-state index in [1.807, 2.05) is 12.1 Å². The summed E-state index contributed by atoms with van der Waals surface area (Å²) in [6, 6.07) is 16.5. The van der Waals surface area contributed by atoms with Crippen LogP contribution in [0, 0.1) is 6.92 Å². The third kappa shape index (κ3) is 1.33. The number of rotatable bonds is 1. The van der Waals surface area contributed by atoms with Gasteiger partial charge in [0.2, 0.25) is 0 Å². The van der Waals surface area contributed by atoms with E-state index in [1.165, 1.54) is 22.3 Å². The summed E-state index contributed by atoms with van der Waals surface area (Å²) in [5.74, 6) is 0.978. The van der Waals surface area contributed by atoms with Gasteiger partial charge >= 0.3 is 0 Å². The van der Waals surface area contributed by atoms with Crippen LogP contribution in [0.1, 0.15) is 5.56 Å². The van der Waals surface area contributed by atoms with Crippen LogP contribution in [0.2, 0.25) is 0 Å². The lowest BCUT2D eigenvalue weighted by Gasteiger charge is -2.03. The summed E-state index contributed by atoms with van der Waals surface area (Å²) in [7, 11) is 0. The molecule has 0 saturated carbocycles. The van der Waals surface area contributed by atoms with Crippen LogP contribution >= 0.6 is 0 Å². The van der Waals surface area contributed by atoms with Gasteiger partial charge in [-0.1, -0.05) is 30.3 Å². The first-order chi connectivity index (χ1) is 7.86. The summed E-state index contributed by atoms with van der Waals surface area (Å²) >= 11 is 0. The molecule has 0 spiro atoms. The average Bonchev–Trinajstić information content (AvgIpc) is 2.66. The molecule has 0 N–H and O–H groups in total. The fraction of sp³-hybridized carbons (Fsp3) is 0.0667. The summed E-state index contributed by atoms with van der Waals surface area (Å²) < 4.78 is 5.62. The Morgan fingerprint density at radius 1 is 0.875 bits per heavy atom. The Kier molecular flexibility index (Phi) is 2.03. The molecule has 0 atom stereocenters. The summed E-state index contributed by atoms with van der Waals surface area (Å²) in [6.07, 6.45) is 1.73. The Bertz CT molecular complexity index is 578. The first-order valence-electron chi connectivity index (χ1n) is 5.38. The zero-order chi connectivity index (χ0) is 11.0. The number of hydrogen-bond acceptors (Lipinski definition) is 1. The lowest BCUT2D eigenvalue weighted by molar-refractivity contribution is 0.568. The van der Waals surface area contributed by atoms with Gasteiger partial charge in [-0.15, -0.1) is 0 Å². The molecule has 1 aliphatic heterocycles. The van der Waals surface area contributed by atoms with E-state index in [0.29, 0.717) is 0 Å². The van der Waals surface area contributed by atoms with Crippen molar-refractivity contribution in [3.63, 3.8) is 0 Å². The van der Waals surface area contributed by atoms with E-state index in [2.05, 4.69) is 43.3 Å². The molecule has 1 aliphatic carbocycles. The highest BCUT2D eigenvalue weighted by molar-refractivity contribution is 5.85. The van der Waals surface area contributed by atoms with Gasteiger partial charge in [0.1, 0.15) is 5.76 Å². The maximum Gasteiger partial charge on any atom is 0.141 e. The molecule has 0 fully saturated rings. The molecule has 0 radical (unpaired) electrons. The van der Waals surface area contributed by atoms with Gasteiger partial charge in [0.25, 0.3) is 0 Å². The Balaban J connectivity index is 2.29. The Morgan fingerprint density at radius 3 is 2.44 bits per heavy atom. The largest absolute Gasteiger partial charge is 0.464 e. The van der Waals surface area contributed by atoms with Gasteiger partial charge in [-0.3, -0.25) is 0 Å². The second-order valence-corrected chi connectivity index (χ2v) is 3.97. The lowest BCUT2D eigenvalue weighted by atomic mass is 10.0. The predicted molar refractivity (Wildman–Crippen MR) is 65.5 cm³/mol. The fourth-order valence-electron chi connectivity index (χ4n) is 2.16. The van der Waals surface area contributed by atoms with Crippen LogP contribution < -0.4 is 0 Å².